The van der Waals surface area contributed by atoms with Crippen LogP contribution in [0.25, 0.3) is 71.7 Å². The van der Waals surface area contributed by atoms with E-state index in [4.69, 9.17) is 4.42 Å². The van der Waals surface area contributed by atoms with Crippen LogP contribution in [0.4, 0.5) is 0 Å². The van der Waals surface area contributed by atoms with Crippen molar-refractivity contribution < 1.29 is 4.42 Å². The molecule has 0 fully saturated rings. The lowest BCUT2D eigenvalue weighted by Crippen LogP contribution is -1.94. The van der Waals surface area contributed by atoms with E-state index in [1.165, 1.54) is 33.0 Å². The number of benzene rings is 6. The van der Waals surface area contributed by atoms with Gasteiger partial charge in [0.1, 0.15) is 5.58 Å². The molecule has 2 heterocycles. The molecule has 0 amide bonds. The third-order valence-corrected chi connectivity index (χ3v) is 9.14. The highest BCUT2D eigenvalue weighted by molar-refractivity contribution is 8.13. The lowest BCUT2D eigenvalue weighted by atomic mass is 10.0. The van der Waals surface area contributed by atoms with Crippen LogP contribution in [0.1, 0.15) is 0 Å². The van der Waals surface area contributed by atoms with Crippen LogP contribution in [0.15, 0.2) is 143 Å². The molecule has 2 nitrogen and oxygen atoms in total. The van der Waals surface area contributed by atoms with Gasteiger partial charge < -0.3 is 8.98 Å². The first kappa shape index (κ1) is 24.0. The average Bonchev–Trinajstić information content (AvgIpc) is 3.57. The highest BCUT2D eigenvalue weighted by atomic mass is 32.2. The number of aromatic nitrogens is 1. The van der Waals surface area contributed by atoms with Crippen LogP contribution in [-0.2, 0) is 0 Å². The van der Waals surface area contributed by atoms with E-state index in [0.29, 0.717) is 0 Å². The summed E-state index contributed by atoms with van der Waals surface area (Å²) in [6.07, 6.45) is 2.14. The Balaban J connectivity index is 1.46. The minimum absolute atomic E-state index is 0.160. The van der Waals surface area contributed by atoms with E-state index in [9.17, 15) is 0 Å². The van der Waals surface area contributed by atoms with E-state index in [0.717, 1.165) is 43.6 Å². The molecule has 0 aliphatic carbocycles. The highest BCUT2D eigenvalue weighted by Gasteiger charge is 2.19. The molecule has 0 aliphatic heterocycles. The smallest absolute Gasteiger partial charge is 0.159 e. The summed E-state index contributed by atoms with van der Waals surface area (Å²) in [6, 6.07) is 47.7. The fourth-order valence-electron chi connectivity index (χ4n) is 6.13. The highest BCUT2D eigenvalue weighted by Crippen LogP contribution is 2.42. The van der Waals surface area contributed by atoms with Crippen LogP contribution < -0.4 is 0 Å². The molecule has 0 radical (unpaired) electrons. The van der Waals surface area contributed by atoms with Gasteiger partial charge >= 0.3 is 0 Å². The molecule has 0 aliphatic rings. The van der Waals surface area contributed by atoms with Crippen molar-refractivity contribution in [2.45, 2.75) is 4.90 Å². The molecule has 6 aromatic carbocycles. The molecule has 1 unspecified atom stereocenters. The van der Waals surface area contributed by atoms with Gasteiger partial charge in [-0.15, -0.1) is 0 Å². The van der Waals surface area contributed by atoms with Gasteiger partial charge in [-0.25, -0.2) is 0 Å². The van der Waals surface area contributed by atoms with Crippen molar-refractivity contribution in [3.8, 4) is 27.9 Å². The predicted molar refractivity (Wildman–Crippen MR) is 178 cm³/mol. The van der Waals surface area contributed by atoms with E-state index < -0.39 is 0 Å². The number of hydrogen-bond acceptors (Lipinski definition) is 1. The summed E-state index contributed by atoms with van der Waals surface area (Å²) in [4.78, 5) is 1.16. The van der Waals surface area contributed by atoms with Crippen molar-refractivity contribution in [3.05, 3.63) is 133 Å². The molecule has 0 saturated carbocycles. The molecule has 3 heteroatoms. The maximum atomic E-state index is 6.73. The Hall–Kier alpha value is -4.86. The quantitative estimate of drug-likeness (QED) is 0.201. The first-order chi connectivity index (χ1) is 20.2. The molecule has 0 spiro atoms. The normalized spacial score (nSPS) is 12.5. The average molecular weight is 546 g/mol. The summed E-state index contributed by atoms with van der Waals surface area (Å²) in [5, 5.41) is 4.71. The second kappa shape index (κ2) is 9.36. The monoisotopic (exact) mass is 545 g/mol. The molecule has 8 aromatic rings. The van der Waals surface area contributed by atoms with Crippen LogP contribution in [0.5, 0.6) is 0 Å². The molecule has 0 N–H and O–H groups in total. The molecule has 2 aromatic heterocycles. The minimum Gasteiger partial charge on any atom is -0.453 e. The Morgan fingerprint density at radius 3 is 1.61 bits per heavy atom. The van der Waals surface area contributed by atoms with Crippen molar-refractivity contribution in [3.63, 3.8) is 0 Å². The number of nitrogens with zero attached hydrogens (tertiary/aromatic N) is 1. The summed E-state index contributed by atoms with van der Waals surface area (Å²) in [7, 11) is -0.160. The van der Waals surface area contributed by atoms with Crippen LogP contribution in [0, 0.1) is 0 Å². The van der Waals surface area contributed by atoms with Crippen molar-refractivity contribution in [1.29, 1.82) is 0 Å². The predicted octanol–water partition coefficient (Wildman–Crippen LogP) is 10.7. The van der Waals surface area contributed by atoms with Gasteiger partial charge in [0.05, 0.1) is 16.7 Å². The Bertz CT molecular complexity index is 2180. The summed E-state index contributed by atoms with van der Waals surface area (Å²) in [5.41, 5.74) is 10.0. The van der Waals surface area contributed by atoms with Gasteiger partial charge in [0.15, 0.2) is 5.58 Å². The molecule has 0 saturated heterocycles. The molecule has 196 valence electrons. The van der Waals surface area contributed by atoms with Crippen molar-refractivity contribution in [1.82, 2.24) is 4.57 Å². The van der Waals surface area contributed by atoms with E-state index >= 15 is 0 Å². The SMILES string of the molecule is C=S(C)c1cccc2c1oc1c(-n3c4ccc(-c5ccccc5)cc4c4cc(-c5ccccc5)ccc43)cccc12. The van der Waals surface area contributed by atoms with Crippen LogP contribution in [-0.4, -0.2) is 16.7 Å². The van der Waals surface area contributed by atoms with Crippen molar-refractivity contribution in [2.75, 3.05) is 6.26 Å². The first-order valence-electron chi connectivity index (χ1n) is 13.8. The number of furan rings is 1. The number of para-hydroxylation sites is 2. The lowest BCUT2D eigenvalue weighted by molar-refractivity contribution is 0.658. The molecular formula is C38H27NOS. The maximum Gasteiger partial charge on any atom is 0.159 e. The Labute approximate surface area is 241 Å². The zero-order chi connectivity index (χ0) is 27.5. The number of rotatable bonds is 4. The molecule has 41 heavy (non-hydrogen) atoms. The third-order valence-electron chi connectivity index (χ3n) is 8.06. The Kier molecular flexibility index (Phi) is 5.48. The number of fused-ring (bicyclic) bond motifs is 6. The largest absolute Gasteiger partial charge is 0.453 e. The van der Waals surface area contributed by atoms with E-state index in [1.807, 2.05) is 0 Å². The lowest BCUT2D eigenvalue weighted by Gasteiger charge is -2.09. The van der Waals surface area contributed by atoms with E-state index in [2.05, 4.69) is 150 Å². The van der Waals surface area contributed by atoms with Gasteiger partial charge in [0.25, 0.3) is 0 Å². The zero-order valence-corrected chi connectivity index (χ0v) is 23.5. The summed E-state index contributed by atoms with van der Waals surface area (Å²) in [6.45, 7) is 0. The fourth-order valence-corrected chi connectivity index (χ4v) is 6.91. The molecule has 1 atom stereocenters. The summed E-state index contributed by atoms with van der Waals surface area (Å²) in [5.74, 6) is 4.31. The first-order valence-corrected chi connectivity index (χ1v) is 15.6. The van der Waals surface area contributed by atoms with Gasteiger partial charge in [-0.1, -0.05) is 103 Å². The van der Waals surface area contributed by atoms with Gasteiger partial charge in [-0.2, -0.15) is 10.5 Å². The Morgan fingerprint density at radius 2 is 1.05 bits per heavy atom. The van der Waals surface area contributed by atoms with E-state index in [-0.39, 0.29) is 10.5 Å². The summed E-state index contributed by atoms with van der Waals surface area (Å²) < 4.78 is 9.10. The van der Waals surface area contributed by atoms with E-state index in [1.54, 1.807) is 0 Å². The van der Waals surface area contributed by atoms with Crippen LogP contribution in [0.3, 0.4) is 0 Å². The molecule has 0 bridgehead atoms. The Morgan fingerprint density at radius 1 is 0.512 bits per heavy atom. The van der Waals surface area contributed by atoms with Gasteiger partial charge in [0.2, 0.25) is 0 Å². The maximum absolute atomic E-state index is 6.73. The van der Waals surface area contributed by atoms with Crippen LogP contribution >= 0.6 is 10.5 Å². The fraction of sp³-hybridized carbons (Fsp3) is 0.0263. The zero-order valence-electron chi connectivity index (χ0n) is 22.7. The van der Waals surface area contributed by atoms with Gasteiger partial charge in [0, 0.05) is 26.4 Å². The number of hydrogen-bond donors (Lipinski definition) is 0. The third kappa shape index (κ3) is 3.77. The topological polar surface area (TPSA) is 18.1 Å². The standard InChI is InChI=1S/C38H27NOS/c1-41(2)36-18-10-16-30-29-15-9-17-35(37(29)40-38(30)36)39-33-21-19-27(25-11-5-3-6-12-25)23-31(33)32-24-28(20-22-34(32)39)26-13-7-4-8-14-26/h3-24H,1H2,2H3. The second-order valence-corrected chi connectivity index (χ2v) is 12.3. The molecular weight excluding hydrogens is 518 g/mol. The molecule has 8 rings (SSSR count). The van der Waals surface area contributed by atoms with Crippen LogP contribution in [0.2, 0.25) is 0 Å². The van der Waals surface area contributed by atoms with Crippen molar-refractivity contribution >= 4 is 60.1 Å². The van der Waals surface area contributed by atoms with Crippen molar-refractivity contribution in [2.24, 2.45) is 0 Å². The minimum atomic E-state index is -0.160. The summed E-state index contributed by atoms with van der Waals surface area (Å²) >= 11 is 0. The van der Waals surface area contributed by atoms with Gasteiger partial charge in [-0.3, -0.25) is 0 Å². The van der Waals surface area contributed by atoms with Gasteiger partial charge in [-0.05, 0) is 64.9 Å². The second-order valence-electron chi connectivity index (χ2n) is 10.6.